The number of fused-ring (bicyclic) bond motifs is 3. The van der Waals surface area contributed by atoms with E-state index >= 15 is 0 Å². The molecule has 152 valence electrons. The molecule has 0 atom stereocenters. The fourth-order valence-electron chi connectivity index (χ4n) is 4.99. The lowest BCUT2D eigenvalue weighted by molar-refractivity contribution is 0.678. The van der Waals surface area contributed by atoms with E-state index in [1.807, 2.05) is 0 Å². The summed E-state index contributed by atoms with van der Waals surface area (Å²) in [5.41, 5.74) is 11.4. The lowest BCUT2D eigenvalue weighted by Gasteiger charge is -2.20. The summed E-state index contributed by atoms with van der Waals surface area (Å²) in [6.45, 7) is 6.96. The zero-order valence-corrected chi connectivity index (χ0v) is 18.6. The highest BCUT2D eigenvalue weighted by Gasteiger charge is 2.24. The minimum Gasteiger partial charge on any atom is -0.0654 e. The molecule has 0 heteroatoms. The molecule has 2 aromatic rings. The summed E-state index contributed by atoms with van der Waals surface area (Å²) in [6, 6.07) is 11.8. The number of hydrogen-bond acceptors (Lipinski definition) is 0. The standard InChI is InChI=1S/C28H40/c1-4-7-10-15-22-20-24-21-23-16-13-14-18-26(23)28(24)27(19-12-9-6-3)25(22)17-11-8-5-2/h13-14,16,18,20H,4-12,15,17,19,21H2,1-3H3. The average molecular weight is 377 g/mol. The molecule has 0 unspecified atom stereocenters. The van der Waals surface area contributed by atoms with Crippen molar-refractivity contribution in [3.63, 3.8) is 0 Å². The molecule has 0 N–H and O–H groups in total. The summed E-state index contributed by atoms with van der Waals surface area (Å²) >= 11 is 0. The van der Waals surface area contributed by atoms with Gasteiger partial charge in [0.15, 0.2) is 0 Å². The van der Waals surface area contributed by atoms with Crippen LogP contribution in [0.25, 0.3) is 11.1 Å². The Kier molecular flexibility index (Phi) is 8.19. The van der Waals surface area contributed by atoms with Gasteiger partial charge in [0.05, 0.1) is 0 Å². The van der Waals surface area contributed by atoms with Crippen molar-refractivity contribution in [3.8, 4) is 11.1 Å². The Balaban J connectivity index is 2.03. The van der Waals surface area contributed by atoms with E-state index < -0.39 is 0 Å². The van der Waals surface area contributed by atoms with E-state index in [9.17, 15) is 0 Å². The molecule has 0 heterocycles. The molecule has 0 nitrogen and oxygen atoms in total. The van der Waals surface area contributed by atoms with Gasteiger partial charge in [-0.1, -0.05) is 89.6 Å². The van der Waals surface area contributed by atoms with Gasteiger partial charge < -0.3 is 0 Å². The van der Waals surface area contributed by atoms with E-state index in [0.29, 0.717) is 0 Å². The first-order valence-corrected chi connectivity index (χ1v) is 12.0. The molecule has 0 radical (unpaired) electrons. The van der Waals surface area contributed by atoms with Gasteiger partial charge in [0, 0.05) is 0 Å². The third-order valence-corrected chi connectivity index (χ3v) is 6.50. The Labute approximate surface area is 173 Å². The SMILES string of the molecule is CCCCCc1cc2c(c(CCCCC)c1CCCCC)-c1ccccc1C2. The van der Waals surface area contributed by atoms with Crippen molar-refractivity contribution in [1.29, 1.82) is 0 Å². The first-order chi connectivity index (χ1) is 13.8. The quantitative estimate of drug-likeness (QED) is 0.278. The molecule has 3 rings (SSSR count). The largest absolute Gasteiger partial charge is 0.0654 e. The molecule has 28 heavy (non-hydrogen) atoms. The van der Waals surface area contributed by atoms with Gasteiger partial charge in [-0.25, -0.2) is 0 Å². The summed E-state index contributed by atoms with van der Waals surface area (Å²) in [7, 11) is 0. The molecule has 0 aromatic heterocycles. The average Bonchev–Trinajstić information content (AvgIpc) is 3.08. The Morgan fingerprint density at radius 3 is 1.93 bits per heavy atom. The smallest absolute Gasteiger partial charge is 0.00132 e. The minimum absolute atomic E-state index is 1.14. The second-order valence-corrected chi connectivity index (χ2v) is 8.73. The molecule has 1 aliphatic rings. The number of aryl methyl sites for hydroxylation is 1. The fraction of sp³-hybridized carbons (Fsp3) is 0.571. The summed E-state index contributed by atoms with van der Waals surface area (Å²) in [5, 5.41) is 0. The maximum Gasteiger partial charge on any atom is -0.00132 e. The summed E-state index contributed by atoms with van der Waals surface area (Å²) in [4.78, 5) is 0. The summed E-state index contributed by atoms with van der Waals surface area (Å²) < 4.78 is 0. The number of hydrogen-bond donors (Lipinski definition) is 0. The van der Waals surface area contributed by atoms with Crippen LogP contribution >= 0.6 is 0 Å². The van der Waals surface area contributed by atoms with Crippen molar-refractivity contribution < 1.29 is 0 Å². The molecular weight excluding hydrogens is 336 g/mol. The maximum absolute atomic E-state index is 2.61. The number of benzene rings is 2. The first-order valence-electron chi connectivity index (χ1n) is 12.0. The lowest BCUT2D eigenvalue weighted by Crippen LogP contribution is -2.05. The van der Waals surface area contributed by atoms with Crippen LogP contribution in [0.1, 0.15) is 106 Å². The van der Waals surface area contributed by atoms with Gasteiger partial charge in [-0.2, -0.15) is 0 Å². The van der Waals surface area contributed by atoms with Crippen molar-refractivity contribution in [2.75, 3.05) is 0 Å². The van der Waals surface area contributed by atoms with Crippen molar-refractivity contribution in [2.45, 2.75) is 104 Å². The second-order valence-electron chi connectivity index (χ2n) is 8.73. The van der Waals surface area contributed by atoms with Gasteiger partial charge in [0.2, 0.25) is 0 Å². The molecular formula is C28H40. The first kappa shape index (κ1) is 21.2. The van der Waals surface area contributed by atoms with Crippen LogP contribution in [0.5, 0.6) is 0 Å². The topological polar surface area (TPSA) is 0 Å². The predicted molar refractivity (Wildman–Crippen MR) is 124 cm³/mol. The highest BCUT2D eigenvalue weighted by Crippen LogP contribution is 2.42. The van der Waals surface area contributed by atoms with E-state index in [-0.39, 0.29) is 0 Å². The molecule has 0 saturated heterocycles. The van der Waals surface area contributed by atoms with Crippen LogP contribution in [0.4, 0.5) is 0 Å². The van der Waals surface area contributed by atoms with Crippen LogP contribution in [0.3, 0.4) is 0 Å². The molecule has 0 aliphatic heterocycles. The van der Waals surface area contributed by atoms with Gasteiger partial charge in [-0.05, 0) is 83.9 Å². The summed E-state index contributed by atoms with van der Waals surface area (Å²) in [5.74, 6) is 0. The monoisotopic (exact) mass is 376 g/mol. The lowest BCUT2D eigenvalue weighted by atomic mass is 9.84. The summed E-state index contributed by atoms with van der Waals surface area (Å²) in [6.07, 6.45) is 17.0. The van der Waals surface area contributed by atoms with E-state index in [2.05, 4.69) is 51.1 Å². The van der Waals surface area contributed by atoms with Crippen LogP contribution in [0.15, 0.2) is 30.3 Å². The maximum atomic E-state index is 2.61. The van der Waals surface area contributed by atoms with Crippen LogP contribution in [0.2, 0.25) is 0 Å². The van der Waals surface area contributed by atoms with Crippen molar-refractivity contribution in [3.05, 3.63) is 58.1 Å². The van der Waals surface area contributed by atoms with E-state index in [1.165, 1.54) is 82.6 Å². The van der Waals surface area contributed by atoms with Crippen molar-refractivity contribution in [2.24, 2.45) is 0 Å². The zero-order valence-electron chi connectivity index (χ0n) is 18.6. The van der Waals surface area contributed by atoms with E-state index in [4.69, 9.17) is 0 Å². The van der Waals surface area contributed by atoms with Gasteiger partial charge >= 0.3 is 0 Å². The molecule has 0 amide bonds. The minimum atomic E-state index is 1.14. The highest BCUT2D eigenvalue weighted by atomic mass is 14.3. The van der Waals surface area contributed by atoms with Crippen molar-refractivity contribution in [1.82, 2.24) is 0 Å². The molecule has 1 aliphatic carbocycles. The zero-order chi connectivity index (χ0) is 19.8. The second kappa shape index (κ2) is 10.8. The third-order valence-electron chi connectivity index (χ3n) is 6.50. The van der Waals surface area contributed by atoms with E-state index in [0.717, 1.165) is 6.42 Å². The molecule has 0 spiro atoms. The van der Waals surface area contributed by atoms with Gasteiger partial charge in [-0.3, -0.25) is 0 Å². The molecule has 2 aromatic carbocycles. The number of unbranched alkanes of at least 4 members (excludes halogenated alkanes) is 6. The Bertz CT molecular complexity index is 753. The molecule has 0 bridgehead atoms. The van der Waals surface area contributed by atoms with Crippen LogP contribution in [0, 0.1) is 0 Å². The van der Waals surface area contributed by atoms with Gasteiger partial charge in [0.1, 0.15) is 0 Å². The van der Waals surface area contributed by atoms with Crippen LogP contribution in [-0.4, -0.2) is 0 Å². The predicted octanol–water partition coefficient (Wildman–Crippen LogP) is 8.46. The van der Waals surface area contributed by atoms with Gasteiger partial charge in [0.25, 0.3) is 0 Å². The Hall–Kier alpha value is -1.56. The van der Waals surface area contributed by atoms with Crippen molar-refractivity contribution >= 4 is 0 Å². The molecule has 0 fully saturated rings. The Morgan fingerprint density at radius 2 is 1.25 bits per heavy atom. The fourth-order valence-corrected chi connectivity index (χ4v) is 4.99. The van der Waals surface area contributed by atoms with Gasteiger partial charge in [-0.15, -0.1) is 0 Å². The van der Waals surface area contributed by atoms with Crippen LogP contribution < -0.4 is 0 Å². The highest BCUT2D eigenvalue weighted by molar-refractivity contribution is 5.81. The van der Waals surface area contributed by atoms with Crippen LogP contribution in [-0.2, 0) is 25.7 Å². The Morgan fingerprint density at radius 1 is 0.643 bits per heavy atom. The number of rotatable bonds is 12. The van der Waals surface area contributed by atoms with E-state index in [1.54, 1.807) is 33.4 Å². The normalized spacial score (nSPS) is 12.2. The molecule has 0 saturated carbocycles. The third kappa shape index (κ3) is 4.88.